The molecule has 0 saturated carbocycles. The third kappa shape index (κ3) is 3.77. The number of carbonyl (C=O) groups excluding carboxylic acids is 1. The third-order valence-electron chi connectivity index (χ3n) is 2.16. The van der Waals surface area contributed by atoms with Crippen LogP contribution < -0.4 is 0 Å². The zero-order valence-corrected chi connectivity index (χ0v) is 10.0. The zero-order chi connectivity index (χ0) is 12.1. The molecule has 1 aromatic heterocycles. The van der Waals surface area contributed by atoms with Gasteiger partial charge in [0, 0.05) is 19.0 Å². The molecular weight excluding hydrogens is 231 g/mol. The van der Waals surface area contributed by atoms with Gasteiger partial charge in [0.15, 0.2) is 0 Å². The maximum Gasteiger partial charge on any atom is 0.272 e. The second-order valence-electron chi connectivity index (χ2n) is 3.66. The average molecular weight is 245 g/mol. The van der Waals surface area contributed by atoms with Crippen LogP contribution in [0, 0.1) is 5.82 Å². The molecule has 0 aromatic carbocycles. The van der Waals surface area contributed by atoms with Crippen molar-refractivity contribution >= 4 is 17.5 Å². The summed E-state index contributed by atoms with van der Waals surface area (Å²) >= 11 is 5.79. The van der Waals surface area contributed by atoms with Gasteiger partial charge in [-0.25, -0.2) is 9.37 Å². The molecule has 0 bridgehead atoms. The van der Waals surface area contributed by atoms with Crippen molar-refractivity contribution in [3.05, 3.63) is 29.8 Å². The van der Waals surface area contributed by atoms with Crippen LogP contribution in [0.2, 0.25) is 0 Å². The topological polar surface area (TPSA) is 33.2 Å². The Morgan fingerprint density at radius 3 is 2.81 bits per heavy atom. The van der Waals surface area contributed by atoms with Crippen LogP contribution in [0.5, 0.6) is 0 Å². The Kier molecular flexibility index (Phi) is 4.68. The van der Waals surface area contributed by atoms with E-state index >= 15 is 0 Å². The number of hydrogen-bond acceptors (Lipinski definition) is 2. The summed E-state index contributed by atoms with van der Waals surface area (Å²) in [5.41, 5.74) is 0.242. The van der Waals surface area contributed by atoms with Crippen LogP contribution in [0.15, 0.2) is 18.3 Å². The Balaban J connectivity index is 2.60. The van der Waals surface area contributed by atoms with Gasteiger partial charge in [0.25, 0.3) is 5.91 Å². The summed E-state index contributed by atoms with van der Waals surface area (Å²) in [6, 6.07) is 2.59. The second kappa shape index (κ2) is 5.80. The molecule has 0 aliphatic carbocycles. The zero-order valence-electron chi connectivity index (χ0n) is 9.28. The monoisotopic (exact) mass is 244 g/mol. The van der Waals surface area contributed by atoms with E-state index in [0.717, 1.165) is 6.20 Å². The molecule has 88 valence electrons. The van der Waals surface area contributed by atoms with E-state index < -0.39 is 5.82 Å². The SMILES string of the molecule is CC(Cl)CCN(C)C(=O)c1ccc(F)cn1. The summed E-state index contributed by atoms with van der Waals surface area (Å²) in [5.74, 6) is -0.675. The summed E-state index contributed by atoms with van der Waals surface area (Å²) in [6.45, 7) is 2.43. The quantitative estimate of drug-likeness (QED) is 0.762. The molecule has 0 aliphatic rings. The summed E-state index contributed by atoms with van der Waals surface area (Å²) in [4.78, 5) is 17.0. The molecule has 0 radical (unpaired) electrons. The Hall–Kier alpha value is -1.16. The first-order valence-corrected chi connectivity index (χ1v) is 5.45. The van der Waals surface area contributed by atoms with Gasteiger partial charge in [-0.2, -0.15) is 0 Å². The lowest BCUT2D eigenvalue weighted by Gasteiger charge is -2.17. The van der Waals surface area contributed by atoms with E-state index in [4.69, 9.17) is 11.6 Å². The lowest BCUT2D eigenvalue weighted by molar-refractivity contribution is 0.0788. The molecule has 16 heavy (non-hydrogen) atoms. The average Bonchev–Trinajstić information content (AvgIpc) is 2.26. The van der Waals surface area contributed by atoms with Crippen molar-refractivity contribution in [2.75, 3.05) is 13.6 Å². The van der Waals surface area contributed by atoms with Gasteiger partial charge in [-0.1, -0.05) is 0 Å². The minimum atomic E-state index is -0.450. The number of alkyl halides is 1. The second-order valence-corrected chi connectivity index (χ2v) is 4.40. The van der Waals surface area contributed by atoms with Crippen LogP contribution in [-0.4, -0.2) is 34.8 Å². The number of hydrogen-bond donors (Lipinski definition) is 0. The highest BCUT2D eigenvalue weighted by molar-refractivity contribution is 6.20. The Morgan fingerprint density at radius 2 is 2.31 bits per heavy atom. The molecule has 1 rings (SSSR count). The molecule has 1 unspecified atom stereocenters. The summed E-state index contributed by atoms with van der Waals surface area (Å²) < 4.78 is 12.6. The first-order valence-electron chi connectivity index (χ1n) is 5.02. The lowest BCUT2D eigenvalue weighted by atomic mass is 10.3. The van der Waals surface area contributed by atoms with E-state index in [0.29, 0.717) is 13.0 Å². The fourth-order valence-electron chi connectivity index (χ4n) is 1.17. The van der Waals surface area contributed by atoms with E-state index in [9.17, 15) is 9.18 Å². The van der Waals surface area contributed by atoms with Crippen molar-refractivity contribution in [3.8, 4) is 0 Å². The predicted molar refractivity (Wildman–Crippen MR) is 61.1 cm³/mol. The molecule has 0 aliphatic heterocycles. The van der Waals surface area contributed by atoms with Gasteiger partial charge < -0.3 is 4.90 Å². The molecule has 5 heteroatoms. The minimum absolute atomic E-state index is 0.0245. The van der Waals surface area contributed by atoms with E-state index in [-0.39, 0.29) is 17.0 Å². The van der Waals surface area contributed by atoms with Crippen molar-refractivity contribution in [2.45, 2.75) is 18.7 Å². The third-order valence-corrected chi connectivity index (χ3v) is 2.37. The van der Waals surface area contributed by atoms with Gasteiger partial charge >= 0.3 is 0 Å². The molecule has 0 saturated heterocycles. The fourth-order valence-corrected chi connectivity index (χ4v) is 1.27. The number of rotatable bonds is 4. The van der Waals surface area contributed by atoms with E-state index in [1.165, 1.54) is 17.0 Å². The number of pyridine rings is 1. The van der Waals surface area contributed by atoms with Crippen molar-refractivity contribution in [2.24, 2.45) is 0 Å². The highest BCUT2D eigenvalue weighted by atomic mass is 35.5. The Labute approximate surface area is 99.2 Å². The van der Waals surface area contributed by atoms with Crippen LogP contribution in [0.3, 0.4) is 0 Å². The maximum atomic E-state index is 12.6. The van der Waals surface area contributed by atoms with Gasteiger partial charge in [-0.3, -0.25) is 4.79 Å². The summed E-state index contributed by atoms with van der Waals surface area (Å²) in [5, 5.41) is 0.0245. The van der Waals surface area contributed by atoms with Crippen LogP contribution in [-0.2, 0) is 0 Å². The highest BCUT2D eigenvalue weighted by Crippen LogP contribution is 2.05. The normalized spacial score (nSPS) is 12.2. The molecule has 0 spiro atoms. The number of nitrogens with zero attached hydrogens (tertiary/aromatic N) is 2. The Morgan fingerprint density at radius 1 is 1.62 bits per heavy atom. The van der Waals surface area contributed by atoms with Crippen molar-refractivity contribution in [3.63, 3.8) is 0 Å². The molecule has 0 fully saturated rings. The maximum absolute atomic E-state index is 12.6. The molecule has 3 nitrogen and oxygen atoms in total. The van der Waals surface area contributed by atoms with Crippen molar-refractivity contribution < 1.29 is 9.18 Å². The molecule has 1 amide bonds. The van der Waals surface area contributed by atoms with Crippen LogP contribution in [0.1, 0.15) is 23.8 Å². The van der Waals surface area contributed by atoms with Crippen LogP contribution in [0.25, 0.3) is 0 Å². The largest absolute Gasteiger partial charge is 0.340 e. The Bertz CT molecular complexity index is 354. The number of halogens is 2. The van der Waals surface area contributed by atoms with Crippen LogP contribution in [0.4, 0.5) is 4.39 Å². The van der Waals surface area contributed by atoms with Gasteiger partial charge in [0.1, 0.15) is 11.5 Å². The van der Waals surface area contributed by atoms with E-state index in [2.05, 4.69) is 4.98 Å². The van der Waals surface area contributed by atoms with Gasteiger partial charge in [-0.05, 0) is 25.5 Å². The number of carbonyl (C=O) groups is 1. The highest BCUT2D eigenvalue weighted by Gasteiger charge is 2.13. The first-order chi connectivity index (χ1) is 7.50. The summed E-state index contributed by atoms with van der Waals surface area (Å²) in [7, 11) is 1.67. The standard InChI is InChI=1S/C11H14ClFN2O/c1-8(12)5-6-15(2)11(16)10-4-3-9(13)7-14-10/h3-4,7-8H,5-6H2,1-2H3. The van der Waals surface area contributed by atoms with Crippen molar-refractivity contribution in [1.82, 2.24) is 9.88 Å². The fraction of sp³-hybridized carbons (Fsp3) is 0.455. The molecule has 1 aromatic rings. The smallest absolute Gasteiger partial charge is 0.272 e. The van der Waals surface area contributed by atoms with Gasteiger partial charge in [-0.15, -0.1) is 11.6 Å². The predicted octanol–water partition coefficient (Wildman–Crippen LogP) is 2.31. The molecule has 0 N–H and O–H groups in total. The summed E-state index contributed by atoms with van der Waals surface area (Å²) in [6.07, 6.45) is 1.75. The van der Waals surface area contributed by atoms with Crippen LogP contribution >= 0.6 is 11.6 Å². The minimum Gasteiger partial charge on any atom is -0.340 e. The molecule has 1 atom stereocenters. The first kappa shape index (κ1) is 12.9. The van der Waals surface area contributed by atoms with Gasteiger partial charge in [0.2, 0.25) is 0 Å². The van der Waals surface area contributed by atoms with Gasteiger partial charge in [0.05, 0.1) is 6.20 Å². The van der Waals surface area contributed by atoms with E-state index in [1.54, 1.807) is 7.05 Å². The molecule has 1 heterocycles. The number of amides is 1. The van der Waals surface area contributed by atoms with Crippen molar-refractivity contribution in [1.29, 1.82) is 0 Å². The van der Waals surface area contributed by atoms with E-state index in [1.807, 2.05) is 6.92 Å². The molecular formula is C11H14ClFN2O. The lowest BCUT2D eigenvalue weighted by Crippen LogP contribution is -2.29. The number of aromatic nitrogens is 1.